The van der Waals surface area contributed by atoms with Crippen LogP contribution in [-0.2, 0) is 13.1 Å². The number of fused-ring (bicyclic) bond motifs is 1. The lowest BCUT2D eigenvalue weighted by molar-refractivity contribution is 0.0751. The largest absolute Gasteiger partial charge is 0.378 e. The normalized spacial score (nSPS) is 12.8. The summed E-state index contributed by atoms with van der Waals surface area (Å²) >= 11 is 0. The second kappa shape index (κ2) is 7.08. The molecule has 5 heteroatoms. The number of pyridine rings is 1. The SMILES string of the molecule is Cc1cc2c(cn1)CN(C(=O)c1cc(F)cc(-c3ccc(N(C)C)cc3)c1)C2. The fourth-order valence-corrected chi connectivity index (χ4v) is 3.56. The predicted octanol–water partition coefficient (Wildman–Crippen LogP) is 4.42. The minimum absolute atomic E-state index is 0.167. The maximum atomic E-state index is 14.3. The average molecular weight is 375 g/mol. The molecule has 0 atom stereocenters. The standard InChI is InChI=1S/C23H22FN3O/c1-15-8-19-13-27(14-20(19)12-25-15)23(28)18-9-17(10-21(24)11-18)16-4-6-22(7-5-16)26(2)3/h4-12H,13-14H2,1-3H3. The highest BCUT2D eigenvalue weighted by Crippen LogP contribution is 2.28. The number of hydrogen-bond donors (Lipinski definition) is 0. The summed E-state index contributed by atoms with van der Waals surface area (Å²) in [6.45, 7) is 2.97. The van der Waals surface area contributed by atoms with E-state index in [9.17, 15) is 9.18 Å². The van der Waals surface area contributed by atoms with Gasteiger partial charge >= 0.3 is 0 Å². The third-order valence-electron chi connectivity index (χ3n) is 5.09. The van der Waals surface area contributed by atoms with Crippen molar-refractivity contribution in [3.05, 3.63) is 82.9 Å². The Morgan fingerprint density at radius 1 is 1.00 bits per heavy atom. The second-order valence-corrected chi connectivity index (χ2v) is 7.43. The van der Waals surface area contributed by atoms with Crippen LogP contribution in [0.3, 0.4) is 0 Å². The Labute approximate surface area is 164 Å². The molecule has 0 aliphatic carbocycles. The maximum absolute atomic E-state index is 14.3. The smallest absolute Gasteiger partial charge is 0.254 e. The first-order chi connectivity index (χ1) is 13.4. The lowest BCUT2D eigenvalue weighted by Gasteiger charge is -2.16. The van der Waals surface area contributed by atoms with Crippen molar-refractivity contribution in [1.82, 2.24) is 9.88 Å². The van der Waals surface area contributed by atoms with Crippen molar-refractivity contribution in [3.63, 3.8) is 0 Å². The minimum Gasteiger partial charge on any atom is -0.378 e. The summed E-state index contributed by atoms with van der Waals surface area (Å²) in [6.07, 6.45) is 1.82. The van der Waals surface area contributed by atoms with Gasteiger partial charge < -0.3 is 9.80 Å². The van der Waals surface area contributed by atoms with Crippen LogP contribution < -0.4 is 4.90 Å². The summed E-state index contributed by atoms with van der Waals surface area (Å²) in [5, 5.41) is 0. The number of carbonyl (C=O) groups excluding carboxylic acids is 1. The Bertz CT molecular complexity index is 1040. The van der Waals surface area contributed by atoms with Crippen molar-refractivity contribution in [1.29, 1.82) is 0 Å². The molecular formula is C23H22FN3O. The van der Waals surface area contributed by atoms with Gasteiger partial charge in [-0.05, 0) is 65.6 Å². The van der Waals surface area contributed by atoms with Crippen molar-refractivity contribution in [2.24, 2.45) is 0 Å². The van der Waals surface area contributed by atoms with Crippen LogP contribution in [0, 0.1) is 12.7 Å². The van der Waals surface area contributed by atoms with E-state index in [0.717, 1.165) is 28.1 Å². The molecule has 4 rings (SSSR count). The molecule has 0 N–H and O–H groups in total. The molecule has 142 valence electrons. The molecule has 0 spiro atoms. The van der Waals surface area contributed by atoms with Crippen LogP contribution >= 0.6 is 0 Å². The second-order valence-electron chi connectivity index (χ2n) is 7.43. The van der Waals surface area contributed by atoms with Gasteiger partial charge in [0.2, 0.25) is 0 Å². The zero-order valence-electron chi connectivity index (χ0n) is 16.2. The fraction of sp³-hybridized carbons (Fsp3) is 0.217. The van der Waals surface area contributed by atoms with Gasteiger partial charge in [0, 0.05) is 50.3 Å². The van der Waals surface area contributed by atoms with Crippen molar-refractivity contribution >= 4 is 11.6 Å². The van der Waals surface area contributed by atoms with E-state index in [4.69, 9.17) is 0 Å². The van der Waals surface area contributed by atoms with Crippen LogP contribution in [0.25, 0.3) is 11.1 Å². The molecule has 0 radical (unpaired) electrons. The Hall–Kier alpha value is -3.21. The van der Waals surface area contributed by atoms with E-state index in [2.05, 4.69) is 4.98 Å². The number of carbonyl (C=O) groups is 1. The summed E-state index contributed by atoms with van der Waals surface area (Å²) in [5.74, 6) is -0.578. The van der Waals surface area contributed by atoms with Crippen LogP contribution in [-0.4, -0.2) is 29.9 Å². The predicted molar refractivity (Wildman–Crippen MR) is 109 cm³/mol. The number of nitrogens with zero attached hydrogens (tertiary/aromatic N) is 3. The molecule has 1 aliphatic heterocycles. The molecule has 0 saturated heterocycles. The van der Waals surface area contributed by atoms with Gasteiger partial charge in [0.05, 0.1) is 0 Å². The van der Waals surface area contributed by atoms with Crippen LogP contribution in [0.4, 0.5) is 10.1 Å². The van der Waals surface area contributed by atoms with Gasteiger partial charge in [-0.3, -0.25) is 9.78 Å². The molecule has 3 aromatic rings. The Morgan fingerprint density at radius 2 is 1.71 bits per heavy atom. The third kappa shape index (κ3) is 3.48. The molecule has 28 heavy (non-hydrogen) atoms. The number of anilines is 1. The fourth-order valence-electron chi connectivity index (χ4n) is 3.56. The number of benzene rings is 2. The van der Waals surface area contributed by atoms with Crippen molar-refractivity contribution in [2.75, 3.05) is 19.0 Å². The van der Waals surface area contributed by atoms with E-state index in [1.165, 1.54) is 12.1 Å². The zero-order chi connectivity index (χ0) is 19.8. The highest BCUT2D eigenvalue weighted by Gasteiger charge is 2.25. The van der Waals surface area contributed by atoms with Crippen molar-refractivity contribution in [3.8, 4) is 11.1 Å². The van der Waals surface area contributed by atoms with Crippen molar-refractivity contribution in [2.45, 2.75) is 20.0 Å². The van der Waals surface area contributed by atoms with Gasteiger partial charge in [-0.15, -0.1) is 0 Å². The number of aromatic nitrogens is 1. The highest BCUT2D eigenvalue weighted by atomic mass is 19.1. The van der Waals surface area contributed by atoms with E-state index in [-0.39, 0.29) is 5.91 Å². The first-order valence-corrected chi connectivity index (χ1v) is 9.23. The number of rotatable bonds is 3. The number of amides is 1. The van der Waals surface area contributed by atoms with Crippen LogP contribution in [0.2, 0.25) is 0 Å². The maximum Gasteiger partial charge on any atom is 0.254 e. The third-order valence-corrected chi connectivity index (χ3v) is 5.09. The summed E-state index contributed by atoms with van der Waals surface area (Å²) in [4.78, 5) is 21.1. The monoisotopic (exact) mass is 375 g/mol. The topological polar surface area (TPSA) is 36.4 Å². The van der Waals surface area contributed by atoms with Crippen molar-refractivity contribution < 1.29 is 9.18 Å². The first kappa shape index (κ1) is 18.2. The summed E-state index contributed by atoms with van der Waals surface area (Å²) in [5.41, 5.74) is 6.10. The molecular weight excluding hydrogens is 353 g/mol. The van der Waals surface area contributed by atoms with Crippen LogP contribution in [0.15, 0.2) is 54.7 Å². The molecule has 0 unspecified atom stereocenters. The molecule has 2 aromatic carbocycles. The number of halogens is 1. The number of hydrogen-bond acceptors (Lipinski definition) is 3. The quantitative estimate of drug-likeness (QED) is 0.680. The lowest BCUT2D eigenvalue weighted by atomic mass is 10.0. The highest BCUT2D eigenvalue weighted by molar-refractivity contribution is 5.96. The first-order valence-electron chi connectivity index (χ1n) is 9.23. The van der Waals surface area contributed by atoms with E-state index in [1.807, 2.05) is 62.4 Å². The molecule has 1 aromatic heterocycles. The molecule has 1 aliphatic rings. The summed E-state index contributed by atoms with van der Waals surface area (Å²) in [7, 11) is 3.94. The molecule has 0 saturated carbocycles. The number of aryl methyl sites for hydroxylation is 1. The van der Waals surface area contributed by atoms with Gasteiger partial charge in [-0.2, -0.15) is 0 Å². The Morgan fingerprint density at radius 3 is 2.43 bits per heavy atom. The molecule has 0 fully saturated rings. The Balaban J connectivity index is 1.61. The minimum atomic E-state index is -0.410. The van der Waals surface area contributed by atoms with Gasteiger partial charge in [-0.1, -0.05) is 12.1 Å². The summed E-state index contributed by atoms with van der Waals surface area (Å²) < 4.78 is 14.3. The van der Waals surface area contributed by atoms with Gasteiger partial charge in [0.1, 0.15) is 5.82 Å². The van der Waals surface area contributed by atoms with E-state index < -0.39 is 5.82 Å². The molecule has 2 heterocycles. The van der Waals surface area contributed by atoms with E-state index in [0.29, 0.717) is 24.2 Å². The van der Waals surface area contributed by atoms with E-state index >= 15 is 0 Å². The zero-order valence-corrected chi connectivity index (χ0v) is 16.2. The van der Waals surface area contributed by atoms with Crippen LogP contribution in [0.1, 0.15) is 27.2 Å². The molecule has 1 amide bonds. The molecule has 4 nitrogen and oxygen atoms in total. The lowest BCUT2D eigenvalue weighted by Crippen LogP contribution is -2.25. The average Bonchev–Trinajstić information content (AvgIpc) is 3.10. The Kier molecular flexibility index (Phi) is 4.59. The summed E-state index contributed by atoms with van der Waals surface area (Å²) in [6, 6.07) is 14.4. The van der Waals surface area contributed by atoms with Gasteiger partial charge in [0.15, 0.2) is 0 Å². The molecule has 0 bridgehead atoms. The van der Waals surface area contributed by atoms with Crippen LogP contribution in [0.5, 0.6) is 0 Å². The van der Waals surface area contributed by atoms with E-state index in [1.54, 1.807) is 11.0 Å². The van der Waals surface area contributed by atoms with Gasteiger partial charge in [0.25, 0.3) is 5.91 Å². The van der Waals surface area contributed by atoms with Gasteiger partial charge in [-0.25, -0.2) is 4.39 Å².